The highest BCUT2D eigenvalue weighted by molar-refractivity contribution is 6.03. The van der Waals surface area contributed by atoms with Gasteiger partial charge in [-0.25, -0.2) is 14.0 Å². The molecule has 5 heteroatoms. The lowest BCUT2D eigenvalue weighted by atomic mass is 10.0. The molecule has 0 saturated carbocycles. The summed E-state index contributed by atoms with van der Waals surface area (Å²) in [5.74, 6) is -2.43. The van der Waals surface area contributed by atoms with Crippen molar-refractivity contribution in [1.29, 1.82) is 0 Å². The molecule has 4 nitrogen and oxygen atoms in total. The van der Waals surface area contributed by atoms with Gasteiger partial charge in [0.15, 0.2) is 0 Å². The van der Waals surface area contributed by atoms with Crippen molar-refractivity contribution in [3.05, 3.63) is 0 Å². The number of carbonyl (C=O) groups excluding carboxylic acids is 2. The first-order chi connectivity index (χ1) is 6.67. The Bertz CT molecular complexity index is 257. The highest BCUT2D eigenvalue weighted by Gasteiger charge is 2.49. The van der Waals surface area contributed by atoms with Crippen molar-refractivity contribution in [3.63, 3.8) is 0 Å². The summed E-state index contributed by atoms with van der Waals surface area (Å²) < 4.78 is 22.9. The average Bonchev–Trinajstić information content (AvgIpc) is 2.12. The third-order valence-corrected chi connectivity index (χ3v) is 1.72. The van der Waals surface area contributed by atoms with Gasteiger partial charge in [-0.3, -0.25) is 0 Å². The van der Waals surface area contributed by atoms with Crippen LogP contribution < -0.4 is 0 Å². The van der Waals surface area contributed by atoms with Crippen LogP contribution in [-0.4, -0.2) is 30.3 Å². The van der Waals surface area contributed by atoms with Gasteiger partial charge in [0.2, 0.25) is 0 Å². The molecule has 0 aliphatic rings. The molecule has 0 aromatic heterocycles. The molecular weight excluding hydrogens is 203 g/mol. The van der Waals surface area contributed by atoms with Crippen LogP contribution in [0.25, 0.3) is 0 Å². The minimum Gasteiger partial charge on any atom is -0.466 e. The monoisotopic (exact) mass is 220 g/mol. The molecule has 0 aromatic rings. The standard InChI is InChI=1S/C10H17FO4/c1-6-10(11,7(12)14-5)8(13)15-9(2,3)4/h6H2,1-5H3/t10-/m0/s1. The Labute approximate surface area is 88.7 Å². The molecule has 88 valence electrons. The topological polar surface area (TPSA) is 52.6 Å². The molecule has 0 spiro atoms. The lowest BCUT2D eigenvalue weighted by Crippen LogP contribution is -2.46. The third-order valence-electron chi connectivity index (χ3n) is 1.72. The molecule has 0 heterocycles. The number of hydrogen-bond donors (Lipinski definition) is 0. The number of alkyl halides is 1. The van der Waals surface area contributed by atoms with Crippen LogP contribution in [0.2, 0.25) is 0 Å². The Hall–Kier alpha value is -1.13. The van der Waals surface area contributed by atoms with Crippen molar-refractivity contribution < 1.29 is 23.5 Å². The van der Waals surface area contributed by atoms with Crippen molar-refractivity contribution in [1.82, 2.24) is 0 Å². The molecule has 0 rings (SSSR count). The first kappa shape index (κ1) is 13.9. The maximum absolute atomic E-state index is 13.9. The van der Waals surface area contributed by atoms with Crippen LogP contribution in [-0.2, 0) is 19.1 Å². The van der Waals surface area contributed by atoms with E-state index in [2.05, 4.69) is 4.74 Å². The molecule has 0 N–H and O–H groups in total. The quantitative estimate of drug-likeness (QED) is 0.535. The number of rotatable bonds is 3. The predicted molar refractivity (Wildman–Crippen MR) is 52.0 cm³/mol. The lowest BCUT2D eigenvalue weighted by Gasteiger charge is -2.25. The van der Waals surface area contributed by atoms with Gasteiger partial charge in [0.1, 0.15) is 5.60 Å². The van der Waals surface area contributed by atoms with Gasteiger partial charge >= 0.3 is 17.6 Å². The minimum atomic E-state index is -2.71. The zero-order valence-electron chi connectivity index (χ0n) is 9.72. The van der Waals surface area contributed by atoms with E-state index in [1.165, 1.54) is 6.92 Å². The first-order valence-corrected chi connectivity index (χ1v) is 4.68. The predicted octanol–water partition coefficient (Wildman–Crippen LogP) is 1.62. The minimum absolute atomic E-state index is 0.311. The van der Waals surface area contributed by atoms with Crippen LogP contribution in [0.3, 0.4) is 0 Å². The van der Waals surface area contributed by atoms with E-state index < -0.39 is 23.2 Å². The summed E-state index contributed by atoms with van der Waals surface area (Å²) in [6.07, 6.45) is -0.311. The Morgan fingerprint density at radius 2 is 1.67 bits per heavy atom. The van der Waals surface area contributed by atoms with Crippen molar-refractivity contribution in [3.8, 4) is 0 Å². The fourth-order valence-electron chi connectivity index (χ4n) is 0.893. The van der Waals surface area contributed by atoms with Crippen molar-refractivity contribution in [2.24, 2.45) is 0 Å². The Kier molecular flexibility index (Phi) is 4.25. The first-order valence-electron chi connectivity index (χ1n) is 4.68. The number of halogens is 1. The maximum Gasteiger partial charge on any atom is 0.356 e. The number of ether oxygens (including phenoxy) is 2. The summed E-state index contributed by atoms with van der Waals surface area (Å²) in [6, 6.07) is 0. The fourth-order valence-corrected chi connectivity index (χ4v) is 0.893. The van der Waals surface area contributed by atoms with E-state index in [9.17, 15) is 14.0 Å². The molecule has 0 aliphatic heterocycles. The van der Waals surface area contributed by atoms with E-state index in [4.69, 9.17) is 4.74 Å². The lowest BCUT2D eigenvalue weighted by molar-refractivity contribution is -0.180. The van der Waals surface area contributed by atoms with Gasteiger partial charge in [-0.2, -0.15) is 0 Å². The number of esters is 2. The van der Waals surface area contributed by atoms with Gasteiger partial charge in [-0.05, 0) is 20.8 Å². The molecule has 0 bridgehead atoms. The number of hydrogen-bond acceptors (Lipinski definition) is 4. The SMILES string of the molecule is CC[C@](F)(C(=O)OC)C(=O)OC(C)(C)C. The van der Waals surface area contributed by atoms with Crippen LogP contribution in [0.4, 0.5) is 4.39 Å². The van der Waals surface area contributed by atoms with E-state index in [-0.39, 0.29) is 6.42 Å². The molecule has 0 aromatic carbocycles. The average molecular weight is 220 g/mol. The molecule has 1 atom stereocenters. The van der Waals surface area contributed by atoms with Crippen molar-refractivity contribution in [2.45, 2.75) is 45.4 Å². The summed E-state index contributed by atoms with van der Waals surface area (Å²) >= 11 is 0. The number of carbonyl (C=O) groups is 2. The fraction of sp³-hybridized carbons (Fsp3) is 0.800. The Morgan fingerprint density at radius 1 is 1.20 bits per heavy atom. The highest BCUT2D eigenvalue weighted by Crippen LogP contribution is 2.23. The molecule has 0 aliphatic carbocycles. The highest BCUT2D eigenvalue weighted by atomic mass is 19.1. The molecule has 0 fully saturated rings. The van der Waals surface area contributed by atoms with Gasteiger partial charge < -0.3 is 9.47 Å². The van der Waals surface area contributed by atoms with Gasteiger partial charge in [-0.1, -0.05) is 6.92 Å². The normalized spacial score (nSPS) is 15.3. The summed E-state index contributed by atoms with van der Waals surface area (Å²) in [7, 11) is 1.02. The Morgan fingerprint density at radius 3 is 1.93 bits per heavy atom. The van der Waals surface area contributed by atoms with E-state index in [0.717, 1.165) is 7.11 Å². The van der Waals surface area contributed by atoms with E-state index in [0.29, 0.717) is 0 Å². The van der Waals surface area contributed by atoms with E-state index in [1.807, 2.05) is 0 Å². The summed E-state index contributed by atoms with van der Waals surface area (Å²) in [5, 5.41) is 0. The van der Waals surface area contributed by atoms with Gasteiger partial charge in [0, 0.05) is 6.42 Å². The zero-order chi connectivity index (χ0) is 12.3. The molecule has 0 unspecified atom stereocenters. The van der Waals surface area contributed by atoms with Crippen LogP contribution >= 0.6 is 0 Å². The van der Waals surface area contributed by atoms with Crippen molar-refractivity contribution >= 4 is 11.9 Å². The van der Waals surface area contributed by atoms with Gasteiger partial charge in [-0.15, -0.1) is 0 Å². The van der Waals surface area contributed by atoms with Crippen molar-refractivity contribution in [2.75, 3.05) is 7.11 Å². The van der Waals surface area contributed by atoms with Crippen LogP contribution in [0.1, 0.15) is 34.1 Å². The molecule has 15 heavy (non-hydrogen) atoms. The third kappa shape index (κ3) is 3.49. The second kappa shape index (κ2) is 4.59. The summed E-state index contributed by atoms with van der Waals surface area (Å²) in [6.45, 7) is 6.16. The largest absolute Gasteiger partial charge is 0.466 e. The maximum atomic E-state index is 13.9. The molecule has 0 radical (unpaired) electrons. The second-order valence-electron chi connectivity index (χ2n) is 4.15. The van der Waals surface area contributed by atoms with E-state index >= 15 is 0 Å². The van der Waals surface area contributed by atoms with Crippen LogP contribution in [0.15, 0.2) is 0 Å². The summed E-state index contributed by atoms with van der Waals surface area (Å²) in [4.78, 5) is 22.5. The number of methoxy groups -OCH3 is 1. The van der Waals surface area contributed by atoms with Gasteiger partial charge in [0.25, 0.3) is 0 Å². The van der Waals surface area contributed by atoms with E-state index in [1.54, 1.807) is 20.8 Å². The zero-order valence-corrected chi connectivity index (χ0v) is 9.72. The van der Waals surface area contributed by atoms with Crippen LogP contribution in [0.5, 0.6) is 0 Å². The Balaban J connectivity index is 4.82. The summed E-state index contributed by atoms with van der Waals surface area (Å²) in [5.41, 5.74) is -3.54. The molecule has 0 saturated heterocycles. The molecular formula is C10H17FO4. The molecule has 0 amide bonds. The van der Waals surface area contributed by atoms with Crippen LogP contribution in [0, 0.1) is 0 Å². The smallest absolute Gasteiger partial charge is 0.356 e. The second-order valence-corrected chi connectivity index (χ2v) is 4.15. The van der Waals surface area contributed by atoms with Gasteiger partial charge in [0.05, 0.1) is 7.11 Å².